The normalized spacial score (nSPS) is 12.4. The lowest BCUT2D eigenvalue weighted by Gasteiger charge is -2.15. The van der Waals surface area contributed by atoms with Crippen LogP contribution in [0.2, 0.25) is 5.15 Å². The molecule has 1 aromatic heterocycles. The van der Waals surface area contributed by atoms with E-state index in [-0.39, 0.29) is 0 Å². The van der Waals surface area contributed by atoms with E-state index < -0.39 is 0 Å². The van der Waals surface area contributed by atoms with Crippen molar-refractivity contribution in [2.24, 2.45) is 5.92 Å². The van der Waals surface area contributed by atoms with Crippen LogP contribution in [0, 0.1) is 5.92 Å². The fraction of sp³-hybridized carbons (Fsp3) is 0.667. The second kappa shape index (κ2) is 7.44. The van der Waals surface area contributed by atoms with E-state index in [9.17, 15) is 0 Å². The highest BCUT2D eigenvalue weighted by Crippen LogP contribution is 2.14. The van der Waals surface area contributed by atoms with Crippen molar-refractivity contribution in [3.05, 3.63) is 17.3 Å². The minimum Gasteiger partial charge on any atom is -0.368 e. The molecule has 0 saturated carbocycles. The Morgan fingerprint density at radius 2 is 2.12 bits per heavy atom. The largest absolute Gasteiger partial charge is 0.368 e. The van der Waals surface area contributed by atoms with Crippen molar-refractivity contribution in [2.75, 3.05) is 11.9 Å². The van der Waals surface area contributed by atoms with Crippen LogP contribution in [0.1, 0.15) is 39.5 Å². The third-order valence-corrected chi connectivity index (χ3v) is 2.95. The molecular formula is C12H20ClN3. The first-order chi connectivity index (χ1) is 7.76. The number of rotatable bonds is 7. The fourth-order valence-corrected chi connectivity index (χ4v) is 1.70. The molecule has 1 rings (SSSR count). The van der Waals surface area contributed by atoms with E-state index in [0.29, 0.717) is 5.15 Å². The summed E-state index contributed by atoms with van der Waals surface area (Å²) in [6.07, 6.45) is 5.04. The van der Waals surface area contributed by atoms with Crippen molar-refractivity contribution in [3.8, 4) is 0 Å². The van der Waals surface area contributed by atoms with Crippen molar-refractivity contribution in [3.63, 3.8) is 0 Å². The van der Waals surface area contributed by atoms with E-state index in [1.807, 2.05) is 6.07 Å². The van der Waals surface area contributed by atoms with E-state index in [4.69, 9.17) is 11.6 Å². The molecule has 1 N–H and O–H groups in total. The van der Waals surface area contributed by atoms with E-state index >= 15 is 0 Å². The summed E-state index contributed by atoms with van der Waals surface area (Å²) in [5.74, 6) is 1.52. The number of hydrogen-bond acceptors (Lipinski definition) is 3. The summed E-state index contributed by atoms with van der Waals surface area (Å²) in [6.45, 7) is 5.42. The lowest BCUT2D eigenvalue weighted by molar-refractivity contribution is 0.472. The Morgan fingerprint density at radius 3 is 2.69 bits per heavy atom. The van der Waals surface area contributed by atoms with Gasteiger partial charge in [0.1, 0.15) is 5.82 Å². The highest BCUT2D eigenvalue weighted by Gasteiger charge is 2.05. The maximum Gasteiger partial charge on any atom is 0.151 e. The molecule has 0 amide bonds. The van der Waals surface area contributed by atoms with Crippen LogP contribution in [0.5, 0.6) is 0 Å². The van der Waals surface area contributed by atoms with Crippen LogP contribution < -0.4 is 5.32 Å². The summed E-state index contributed by atoms with van der Waals surface area (Å²) in [7, 11) is 0. The topological polar surface area (TPSA) is 37.8 Å². The Morgan fingerprint density at radius 1 is 1.31 bits per heavy atom. The smallest absolute Gasteiger partial charge is 0.151 e. The maximum atomic E-state index is 5.67. The Hall–Kier alpha value is -0.830. The van der Waals surface area contributed by atoms with Crippen LogP contribution in [0.25, 0.3) is 0 Å². The van der Waals surface area contributed by atoms with Gasteiger partial charge in [0, 0.05) is 6.54 Å². The third-order valence-electron chi connectivity index (χ3n) is 2.75. The number of nitrogens with zero attached hydrogens (tertiary/aromatic N) is 2. The molecule has 1 heterocycles. The predicted molar refractivity (Wildman–Crippen MR) is 68.8 cm³/mol. The lowest BCUT2D eigenvalue weighted by Crippen LogP contribution is -2.14. The summed E-state index contributed by atoms with van der Waals surface area (Å²) < 4.78 is 0. The van der Waals surface area contributed by atoms with Gasteiger partial charge in [-0.2, -0.15) is 0 Å². The number of hydrogen-bond donors (Lipinski definition) is 1. The zero-order chi connectivity index (χ0) is 11.8. The van der Waals surface area contributed by atoms with Crippen LogP contribution in [-0.4, -0.2) is 16.7 Å². The number of aromatic nitrogens is 2. The molecule has 0 saturated heterocycles. The van der Waals surface area contributed by atoms with Gasteiger partial charge in [-0.1, -0.05) is 44.7 Å². The molecule has 1 aromatic rings. The minimum absolute atomic E-state index is 0.434. The highest BCUT2D eigenvalue weighted by atomic mass is 35.5. The molecular weight excluding hydrogens is 222 g/mol. The Labute approximate surface area is 103 Å². The number of nitrogens with one attached hydrogen (secondary N) is 1. The average molecular weight is 242 g/mol. The maximum absolute atomic E-state index is 5.67. The molecule has 0 aliphatic rings. The number of halogens is 1. The second-order valence-electron chi connectivity index (χ2n) is 4.04. The minimum atomic E-state index is 0.434. The van der Waals surface area contributed by atoms with Gasteiger partial charge in [0.25, 0.3) is 0 Å². The van der Waals surface area contributed by atoms with Crippen LogP contribution >= 0.6 is 11.6 Å². The van der Waals surface area contributed by atoms with Gasteiger partial charge in [-0.25, -0.2) is 0 Å². The van der Waals surface area contributed by atoms with Gasteiger partial charge in [-0.05, 0) is 24.5 Å². The average Bonchev–Trinajstić information content (AvgIpc) is 2.32. The van der Waals surface area contributed by atoms with Gasteiger partial charge in [-0.15, -0.1) is 10.2 Å². The van der Waals surface area contributed by atoms with Gasteiger partial charge in [0.2, 0.25) is 0 Å². The van der Waals surface area contributed by atoms with Crippen LogP contribution in [0.15, 0.2) is 12.1 Å². The number of anilines is 1. The third kappa shape index (κ3) is 4.79. The molecule has 0 radical (unpaired) electrons. The molecule has 0 fully saturated rings. The monoisotopic (exact) mass is 241 g/mol. The molecule has 1 unspecified atom stereocenters. The Kier molecular flexibility index (Phi) is 6.16. The van der Waals surface area contributed by atoms with Crippen LogP contribution in [0.3, 0.4) is 0 Å². The van der Waals surface area contributed by atoms with E-state index in [1.165, 1.54) is 25.7 Å². The second-order valence-corrected chi connectivity index (χ2v) is 4.43. The zero-order valence-electron chi connectivity index (χ0n) is 10.0. The van der Waals surface area contributed by atoms with Gasteiger partial charge in [0.05, 0.1) is 0 Å². The van der Waals surface area contributed by atoms with Crippen molar-refractivity contribution in [1.29, 1.82) is 0 Å². The van der Waals surface area contributed by atoms with E-state index in [1.54, 1.807) is 6.07 Å². The molecule has 0 spiro atoms. The van der Waals surface area contributed by atoms with Crippen LogP contribution in [-0.2, 0) is 0 Å². The van der Waals surface area contributed by atoms with Gasteiger partial charge >= 0.3 is 0 Å². The molecule has 0 aliphatic heterocycles. The first-order valence-electron chi connectivity index (χ1n) is 5.99. The standard InChI is InChI=1S/C12H20ClN3/c1-3-5-6-10(4-2)9-14-12-8-7-11(13)15-16-12/h7-8,10H,3-6,9H2,1-2H3,(H,14,16). The van der Waals surface area contributed by atoms with Crippen molar-refractivity contribution >= 4 is 17.4 Å². The molecule has 3 nitrogen and oxygen atoms in total. The highest BCUT2D eigenvalue weighted by molar-refractivity contribution is 6.29. The molecule has 0 aromatic carbocycles. The van der Waals surface area contributed by atoms with Crippen molar-refractivity contribution < 1.29 is 0 Å². The Balaban J connectivity index is 2.34. The Bertz CT molecular complexity index is 287. The molecule has 0 bridgehead atoms. The number of unbranched alkanes of at least 4 members (excludes halogenated alkanes) is 1. The summed E-state index contributed by atoms with van der Waals surface area (Å²) in [5, 5.41) is 11.5. The summed E-state index contributed by atoms with van der Waals surface area (Å²) in [5.41, 5.74) is 0. The lowest BCUT2D eigenvalue weighted by atomic mass is 9.99. The van der Waals surface area contributed by atoms with Gasteiger partial charge in [-0.3, -0.25) is 0 Å². The van der Waals surface area contributed by atoms with Crippen molar-refractivity contribution in [1.82, 2.24) is 10.2 Å². The molecule has 4 heteroatoms. The molecule has 1 atom stereocenters. The fourth-order valence-electron chi connectivity index (χ4n) is 1.60. The first kappa shape index (κ1) is 13.2. The summed E-state index contributed by atoms with van der Waals surface area (Å²) >= 11 is 5.67. The molecule has 90 valence electrons. The molecule has 0 aliphatic carbocycles. The van der Waals surface area contributed by atoms with E-state index in [2.05, 4.69) is 29.4 Å². The molecule has 16 heavy (non-hydrogen) atoms. The van der Waals surface area contributed by atoms with Crippen molar-refractivity contribution in [2.45, 2.75) is 39.5 Å². The van der Waals surface area contributed by atoms with Crippen LogP contribution in [0.4, 0.5) is 5.82 Å². The zero-order valence-corrected chi connectivity index (χ0v) is 10.8. The summed E-state index contributed by atoms with van der Waals surface area (Å²) in [6, 6.07) is 3.62. The van der Waals surface area contributed by atoms with E-state index in [0.717, 1.165) is 18.3 Å². The van der Waals surface area contributed by atoms with Gasteiger partial charge in [0.15, 0.2) is 5.15 Å². The first-order valence-corrected chi connectivity index (χ1v) is 6.37. The summed E-state index contributed by atoms with van der Waals surface area (Å²) in [4.78, 5) is 0. The predicted octanol–water partition coefficient (Wildman–Crippen LogP) is 3.76. The van der Waals surface area contributed by atoms with Gasteiger partial charge < -0.3 is 5.32 Å². The quantitative estimate of drug-likeness (QED) is 0.790. The SMILES string of the molecule is CCCCC(CC)CNc1ccc(Cl)nn1.